The van der Waals surface area contributed by atoms with E-state index in [0.717, 1.165) is 0 Å². The summed E-state index contributed by atoms with van der Waals surface area (Å²) in [6.07, 6.45) is 3.37. The van der Waals surface area contributed by atoms with Gasteiger partial charge in [0, 0.05) is 17.8 Å². The maximum absolute atomic E-state index is 14.2. The van der Waals surface area contributed by atoms with Crippen LogP contribution in [0.4, 0.5) is 4.39 Å². The lowest BCUT2D eigenvalue weighted by Gasteiger charge is -2.21. The molecule has 0 saturated heterocycles. The van der Waals surface area contributed by atoms with Gasteiger partial charge < -0.3 is 5.11 Å². The van der Waals surface area contributed by atoms with E-state index in [-0.39, 0.29) is 17.2 Å². The van der Waals surface area contributed by atoms with Gasteiger partial charge in [-0.2, -0.15) is 0 Å². The number of benzene rings is 1. The lowest BCUT2D eigenvalue weighted by molar-refractivity contribution is 0.0745. The molecule has 0 aliphatic carbocycles. The minimum Gasteiger partial charge on any atom is -0.386 e. The predicted octanol–water partition coefficient (Wildman–Crippen LogP) is 3.25. The van der Waals surface area contributed by atoms with Crippen molar-refractivity contribution >= 4 is 22.8 Å². The number of hydrogen-bond acceptors (Lipinski definition) is 5. The summed E-state index contributed by atoms with van der Waals surface area (Å²) in [5.74, 6) is -0.504. The van der Waals surface area contributed by atoms with Crippen LogP contribution in [0.15, 0.2) is 34.3 Å². The summed E-state index contributed by atoms with van der Waals surface area (Å²) in [4.78, 5) is 21.5. The van der Waals surface area contributed by atoms with Gasteiger partial charge in [-0.25, -0.2) is 23.7 Å². The summed E-state index contributed by atoms with van der Waals surface area (Å²) >= 11 is 1.37. The Bertz CT molecular complexity index is 1030. The molecule has 6 nitrogen and oxygen atoms in total. The van der Waals surface area contributed by atoms with Crippen LogP contribution in [-0.2, 0) is 5.60 Å². The third-order valence-electron chi connectivity index (χ3n) is 4.13. The number of hydrogen-bond donors (Lipinski definition) is 1. The second kappa shape index (κ2) is 6.51. The maximum Gasteiger partial charge on any atom is 0.278 e. The number of fused-ring (bicyclic) bond motifs is 1. The Labute approximate surface area is 154 Å². The van der Waals surface area contributed by atoms with Crippen molar-refractivity contribution in [3.05, 3.63) is 46.1 Å². The molecule has 0 atom stereocenters. The first-order valence-electron chi connectivity index (χ1n) is 8.22. The first-order chi connectivity index (χ1) is 12.1. The van der Waals surface area contributed by atoms with E-state index < -0.39 is 11.4 Å². The molecule has 0 fully saturated rings. The number of halogens is 1. The molecule has 2 heterocycles. The van der Waals surface area contributed by atoms with Crippen molar-refractivity contribution in [3.8, 4) is 5.69 Å². The van der Waals surface area contributed by atoms with E-state index in [2.05, 4.69) is 9.97 Å². The maximum atomic E-state index is 14.2. The number of nitrogens with zero attached hydrogens (tertiary/aromatic N) is 4. The number of thioether (sulfide) groups is 1. The van der Waals surface area contributed by atoms with Gasteiger partial charge in [0.25, 0.3) is 5.56 Å². The molecule has 1 aromatic carbocycles. The third kappa shape index (κ3) is 3.03. The summed E-state index contributed by atoms with van der Waals surface area (Å²) < 4.78 is 17.4. The predicted molar refractivity (Wildman–Crippen MR) is 100 cm³/mol. The highest BCUT2D eigenvalue weighted by Crippen LogP contribution is 2.27. The van der Waals surface area contributed by atoms with Gasteiger partial charge in [0.05, 0.1) is 11.3 Å². The Balaban J connectivity index is 2.41. The average Bonchev–Trinajstić information content (AvgIpc) is 2.86. The SMILES string of the molecule is CSc1ncc2c(=O)n(C(C)C)n(-c3ccc(F)c(C(C)(C)O)c3)c2n1. The van der Waals surface area contributed by atoms with Crippen LogP contribution in [0, 0.1) is 5.82 Å². The smallest absolute Gasteiger partial charge is 0.278 e. The van der Waals surface area contributed by atoms with Crippen LogP contribution < -0.4 is 5.56 Å². The summed E-state index contributed by atoms with van der Waals surface area (Å²) in [7, 11) is 0. The lowest BCUT2D eigenvalue weighted by Crippen LogP contribution is -2.25. The normalized spacial score (nSPS) is 12.3. The molecule has 3 rings (SSSR count). The van der Waals surface area contributed by atoms with Crippen LogP contribution >= 0.6 is 11.8 Å². The average molecular weight is 376 g/mol. The van der Waals surface area contributed by atoms with Crippen molar-refractivity contribution in [1.29, 1.82) is 0 Å². The molecule has 0 spiro atoms. The van der Waals surface area contributed by atoms with Gasteiger partial charge in [0.1, 0.15) is 11.2 Å². The molecule has 26 heavy (non-hydrogen) atoms. The highest BCUT2D eigenvalue weighted by molar-refractivity contribution is 7.98. The van der Waals surface area contributed by atoms with E-state index in [1.807, 2.05) is 20.1 Å². The molecule has 0 saturated carbocycles. The zero-order valence-corrected chi connectivity index (χ0v) is 16.1. The van der Waals surface area contributed by atoms with Gasteiger partial charge in [-0.3, -0.25) is 4.79 Å². The van der Waals surface area contributed by atoms with E-state index >= 15 is 0 Å². The fourth-order valence-corrected chi connectivity index (χ4v) is 3.25. The molecule has 0 radical (unpaired) electrons. The van der Waals surface area contributed by atoms with Gasteiger partial charge >= 0.3 is 0 Å². The molecular weight excluding hydrogens is 355 g/mol. The van der Waals surface area contributed by atoms with Crippen LogP contribution in [0.1, 0.15) is 39.3 Å². The molecule has 0 aliphatic rings. The Morgan fingerprint density at radius 3 is 2.58 bits per heavy atom. The number of aromatic nitrogens is 4. The van der Waals surface area contributed by atoms with Crippen LogP contribution in [0.2, 0.25) is 0 Å². The van der Waals surface area contributed by atoms with E-state index in [1.54, 1.807) is 21.5 Å². The molecule has 3 aromatic rings. The Hall–Kier alpha value is -2.19. The third-order valence-corrected chi connectivity index (χ3v) is 4.69. The molecule has 1 N–H and O–H groups in total. The van der Waals surface area contributed by atoms with Crippen LogP contribution in [-0.4, -0.2) is 30.7 Å². The standard InChI is InChI=1S/C18H21FN4O2S/c1-10(2)22-16(24)12-9-20-17(26-5)21-15(12)23(22)11-6-7-14(19)13(8-11)18(3,4)25/h6-10,25H,1-5H3. The summed E-state index contributed by atoms with van der Waals surface area (Å²) in [6, 6.07) is 4.27. The van der Waals surface area contributed by atoms with Crippen molar-refractivity contribution < 1.29 is 9.50 Å². The second-order valence-electron chi connectivity index (χ2n) is 6.87. The van der Waals surface area contributed by atoms with E-state index in [4.69, 9.17) is 0 Å². The van der Waals surface area contributed by atoms with E-state index in [9.17, 15) is 14.3 Å². The molecule has 0 unspecified atom stereocenters. The van der Waals surface area contributed by atoms with Gasteiger partial charge in [-0.05, 0) is 52.1 Å². The van der Waals surface area contributed by atoms with E-state index in [1.165, 1.54) is 37.9 Å². The second-order valence-corrected chi connectivity index (χ2v) is 7.65. The minimum absolute atomic E-state index is 0.148. The van der Waals surface area contributed by atoms with Gasteiger partial charge in [-0.1, -0.05) is 11.8 Å². The molecular formula is C18H21FN4O2S. The Kier molecular flexibility index (Phi) is 4.66. The first-order valence-corrected chi connectivity index (χ1v) is 9.44. The molecule has 2 aromatic heterocycles. The summed E-state index contributed by atoms with van der Waals surface area (Å²) in [6.45, 7) is 6.82. The molecule has 8 heteroatoms. The van der Waals surface area contributed by atoms with Crippen LogP contribution in [0.25, 0.3) is 16.7 Å². The Morgan fingerprint density at radius 1 is 1.31 bits per heavy atom. The van der Waals surface area contributed by atoms with Crippen LogP contribution in [0.5, 0.6) is 0 Å². The van der Waals surface area contributed by atoms with Crippen molar-refractivity contribution in [2.75, 3.05) is 6.26 Å². The van der Waals surface area contributed by atoms with Crippen molar-refractivity contribution in [2.24, 2.45) is 0 Å². The summed E-state index contributed by atoms with van der Waals surface area (Å²) in [5, 5.41) is 11.2. The van der Waals surface area contributed by atoms with Crippen molar-refractivity contribution in [2.45, 2.75) is 44.5 Å². The quantitative estimate of drug-likeness (QED) is 0.559. The topological polar surface area (TPSA) is 72.9 Å². The van der Waals surface area contributed by atoms with Gasteiger partial charge in [-0.15, -0.1) is 0 Å². The van der Waals surface area contributed by atoms with Crippen LogP contribution in [0.3, 0.4) is 0 Å². The van der Waals surface area contributed by atoms with Crippen molar-refractivity contribution in [1.82, 2.24) is 19.3 Å². The fourth-order valence-electron chi connectivity index (χ4n) is 2.91. The Morgan fingerprint density at radius 2 is 2.00 bits per heavy atom. The van der Waals surface area contributed by atoms with E-state index in [0.29, 0.717) is 21.9 Å². The zero-order valence-electron chi connectivity index (χ0n) is 15.3. The fraction of sp³-hybridized carbons (Fsp3) is 0.389. The first kappa shape index (κ1) is 18.6. The highest BCUT2D eigenvalue weighted by atomic mass is 32.2. The number of aliphatic hydroxyl groups is 1. The van der Waals surface area contributed by atoms with Crippen molar-refractivity contribution in [3.63, 3.8) is 0 Å². The number of rotatable bonds is 4. The monoisotopic (exact) mass is 376 g/mol. The van der Waals surface area contributed by atoms with Gasteiger partial charge in [0.2, 0.25) is 0 Å². The minimum atomic E-state index is -1.36. The van der Waals surface area contributed by atoms with Gasteiger partial charge in [0.15, 0.2) is 10.8 Å². The molecule has 0 amide bonds. The largest absolute Gasteiger partial charge is 0.386 e. The molecule has 138 valence electrons. The zero-order chi connectivity index (χ0) is 19.2. The molecule has 0 bridgehead atoms. The summed E-state index contributed by atoms with van der Waals surface area (Å²) in [5.41, 5.74) is -0.409. The molecule has 0 aliphatic heterocycles. The highest BCUT2D eigenvalue weighted by Gasteiger charge is 2.24. The lowest BCUT2D eigenvalue weighted by atomic mass is 9.97.